The highest BCUT2D eigenvalue weighted by Gasteiger charge is 2.15. The van der Waals surface area contributed by atoms with Crippen LogP contribution in [0, 0.1) is 0 Å². The van der Waals surface area contributed by atoms with Gasteiger partial charge in [0.15, 0.2) is 0 Å². The van der Waals surface area contributed by atoms with Crippen molar-refractivity contribution in [1.29, 1.82) is 0 Å². The normalized spacial score (nSPS) is 12.7. The molecule has 0 saturated heterocycles. The molecule has 0 aliphatic rings. The fourth-order valence-corrected chi connectivity index (χ4v) is 3.13. The van der Waals surface area contributed by atoms with Crippen LogP contribution in [0.15, 0.2) is 30.3 Å². The Bertz CT molecular complexity index is 504. The first-order chi connectivity index (χ1) is 8.08. The molecular formula is C12H9Cl3OS. The van der Waals surface area contributed by atoms with Gasteiger partial charge in [-0.25, -0.2) is 0 Å². The molecule has 17 heavy (non-hydrogen) atoms. The summed E-state index contributed by atoms with van der Waals surface area (Å²) in [6, 6.07) is 8.87. The van der Waals surface area contributed by atoms with Crippen LogP contribution in [-0.4, -0.2) is 5.11 Å². The van der Waals surface area contributed by atoms with Crippen molar-refractivity contribution in [3.63, 3.8) is 0 Å². The maximum absolute atomic E-state index is 10.1. The van der Waals surface area contributed by atoms with Crippen molar-refractivity contribution in [3.8, 4) is 0 Å². The van der Waals surface area contributed by atoms with E-state index in [1.165, 1.54) is 11.3 Å². The molecule has 1 nitrogen and oxygen atoms in total. The predicted molar refractivity (Wildman–Crippen MR) is 74.5 cm³/mol. The third kappa shape index (κ3) is 3.15. The Kier molecular flexibility index (Phi) is 4.34. The van der Waals surface area contributed by atoms with Gasteiger partial charge >= 0.3 is 0 Å². The van der Waals surface area contributed by atoms with Gasteiger partial charge in [0.1, 0.15) is 0 Å². The third-order valence-electron chi connectivity index (χ3n) is 2.38. The number of aliphatic hydroxyl groups is 1. The van der Waals surface area contributed by atoms with Crippen molar-refractivity contribution >= 4 is 46.1 Å². The van der Waals surface area contributed by atoms with Crippen LogP contribution in [0.3, 0.4) is 0 Å². The van der Waals surface area contributed by atoms with Crippen LogP contribution in [0.4, 0.5) is 0 Å². The fraction of sp³-hybridized carbons (Fsp3) is 0.167. The Morgan fingerprint density at radius 3 is 2.24 bits per heavy atom. The molecular weight excluding hydrogens is 299 g/mol. The van der Waals surface area contributed by atoms with E-state index in [1.54, 1.807) is 24.3 Å². The molecule has 0 amide bonds. The van der Waals surface area contributed by atoms with E-state index >= 15 is 0 Å². The number of benzene rings is 1. The lowest BCUT2D eigenvalue weighted by Gasteiger charge is -2.11. The van der Waals surface area contributed by atoms with Crippen molar-refractivity contribution in [2.24, 2.45) is 0 Å². The molecule has 2 rings (SSSR count). The molecule has 1 aromatic carbocycles. The molecule has 0 fully saturated rings. The number of hydrogen-bond donors (Lipinski definition) is 1. The highest BCUT2D eigenvalue weighted by atomic mass is 35.5. The Hall–Kier alpha value is -0.250. The van der Waals surface area contributed by atoms with Gasteiger partial charge in [-0.3, -0.25) is 0 Å². The van der Waals surface area contributed by atoms with Gasteiger partial charge in [-0.05, 0) is 29.8 Å². The molecule has 0 aliphatic carbocycles. The first kappa shape index (κ1) is 13.2. The maximum Gasteiger partial charge on any atom is 0.0932 e. The molecule has 0 radical (unpaired) electrons. The van der Waals surface area contributed by atoms with Crippen LogP contribution < -0.4 is 0 Å². The monoisotopic (exact) mass is 306 g/mol. The summed E-state index contributed by atoms with van der Waals surface area (Å²) in [6.45, 7) is 0. The fourth-order valence-electron chi connectivity index (χ4n) is 1.53. The quantitative estimate of drug-likeness (QED) is 0.847. The van der Waals surface area contributed by atoms with Crippen LogP contribution in [0.25, 0.3) is 0 Å². The van der Waals surface area contributed by atoms with Gasteiger partial charge in [-0.2, -0.15) is 0 Å². The Balaban J connectivity index is 2.21. The smallest absolute Gasteiger partial charge is 0.0932 e. The first-order valence-corrected chi connectivity index (χ1v) is 6.89. The zero-order valence-electron chi connectivity index (χ0n) is 8.66. The Labute approximate surface area is 119 Å². The standard InChI is InChI=1S/C12H9Cl3OS/c13-8-2-1-3-9(14)7(8)6-10(16)11-4-5-12(15)17-11/h1-5,10,16H,6H2. The van der Waals surface area contributed by atoms with Crippen molar-refractivity contribution in [2.45, 2.75) is 12.5 Å². The molecule has 0 saturated carbocycles. The van der Waals surface area contributed by atoms with Gasteiger partial charge in [-0.15, -0.1) is 11.3 Å². The van der Waals surface area contributed by atoms with Gasteiger partial charge < -0.3 is 5.11 Å². The second-order valence-corrected chi connectivity index (χ2v) is 6.12. The summed E-state index contributed by atoms with van der Waals surface area (Å²) in [5.74, 6) is 0. The van der Waals surface area contributed by atoms with Crippen molar-refractivity contribution in [2.75, 3.05) is 0 Å². The molecule has 0 aliphatic heterocycles. The first-order valence-electron chi connectivity index (χ1n) is 4.94. The van der Waals surface area contributed by atoms with E-state index in [0.29, 0.717) is 20.8 Å². The summed E-state index contributed by atoms with van der Waals surface area (Å²) in [5.41, 5.74) is 0.757. The molecule has 1 atom stereocenters. The number of hydrogen-bond acceptors (Lipinski definition) is 2. The Morgan fingerprint density at radius 2 is 1.71 bits per heavy atom. The highest BCUT2D eigenvalue weighted by Crippen LogP contribution is 2.32. The number of halogens is 3. The molecule has 1 heterocycles. The average molecular weight is 308 g/mol. The SMILES string of the molecule is OC(Cc1c(Cl)cccc1Cl)c1ccc(Cl)s1. The van der Waals surface area contributed by atoms with Gasteiger partial charge in [-0.1, -0.05) is 40.9 Å². The maximum atomic E-state index is 10.1. The minimum atomic E-state index is -0.634. The highest BCUT2D eigenvalue weighted by molar-refractivity contribution is 7.16. The second-order valence-electron chi connectivity index (χ2n) is 3.56. The molecule has 90 valence electrons. The van der Waals surface area contributed by atoms with Crippen LogP contribution in [-0.2, 0) is 6.42 Å². The zero-order valence-corrected chi connectivity index (χ0v) is 11.7. The van der Waals surface area contributed by atoms with E-state index in [-0.39, 0.29) is 0 Å². The number of aliphatic hydroxyl groups excluding tert-OH is 1. The molecule has 0 spiro atoms. The summed E-state index contributed by atoms with van der Waals surface area (Å²) in [5, 5.41) is 11.2. The van der Waals surface area contributed by atoms with E-state index < -0.39 is 6.10 Å². The predicted octanol–water partition coefficient (Wildman–Crippen LogP) is 4.98. The second kappa shape index (κ2) is 5.59. The number of rotatable bonds is 3. The third-order valence-corrected chi connectivity index (χ3v) is 4.42. The summed E-state index contributed by atoms with van der Waals surface area (Å²) in [4.78, 5) is 0.811. The van der Waals surface area contributed by atoms with Gasteiger partial charge in [0.25, 0.3) is 0 Å². The summed E-state index contributed by atoms with van der Waals surface area (Å²) in [7, 11) is 0. The van der Waals surface area contributed by atoms with Gasteiger partial charge in [0.2, 0.25) is 0 Å². The van der Waals surface area contributed by atoms with E-state index in [9.17, 15) is 5.11 Å². The summed E-state index contributed by atoms with van der Waals surface area (Å²) < 4.78 is 0.657. The minimum absolute atomic E-state index is 0.384. The largest absolute Gasteiger partial charge is 0.387 e. The lowest BCUT2D eigenvalue weighted by atomic mass is 10.1. The van der Waals surface area contributed by atoms with Crippen LogP contribution in [0.2, 0.25) is 14.4 Å². The van der Waals surface area contributed by atoms with E-state index in [4.69, 9.17) is 34.8 Å². The minimum Gasteiger partial charge on any atom is -0.387 e. The molecule has 1 unspecified atom stereocenters. The van der Waals surface area contributed by atoms with Gasteiger partial charge in [0, 0.05) is 21.3 Å². The zero-order chi connectivity index (χ0) is 12.4. The molecule has 2 aromatic rings. The van der Waals surface area contributed by atoms with Crippen molar-refractivity contribution in [3.05, 3.63) is 55.2 Å². The van der Waals surface area contributed by atoms with Gasteiger partial charge in [0.05, 0.1) is 10.4 Å². The molecule has 1 N–H and O–H groups in total. The molecule has 5 heteroatoms. The summed E-state index contributed by atoms with van der Waals surface area (Å²) in [6.07, 6.45) is -0.250. The van der Waals surface area contributed by atoms with Crippen LogP contribution >= 0.6 is 46.1 Å². The van der Waals surface area contributed by atoms with Crippen molar-refractivity contribution in [1.82, 2.24) is 0 Å². The molecule has 1 aromatic heterocycles. The van der Waals surface area contributed by atoms with Crippen LogP contribution in [0.5, 0.6) is 0 Å². The molecule has 0 bridgehead atoms. The average Bonchev–Trinajstić information content (AvgIpc) is 2.70. The van der Waals surface area contributed by atoms with Crippen LogP contribution in [0.1, 0.15) is 16.5 Å². The van der Waals surface area contributed by atoms with Crippen molar-refractivity contribution < 1.29 is 5.11 Å². The Morgan fingerprint density at radius 1 is 1.06 bits per heavy atom. The van der Waals surface area contributed by atoms with E-state index in [1.807, 2.05) is 6.07 Å². The summed E-state index contributed by atoms with van der Waals surface area (Å²) >= 11 is 19.3. The van der Waals surface area contributed by atoms with E-state index in [0.717, 1.165) is 10.4 Å². The number of thiophene rings is 1. The lowest BCUT2D eigenvalue weighted by molar-refractivity contribution is 0.182. The topological polar surface area (TPSA) is 20.2 Å². The lowest BCUT2D eigenvalue weighted by Crippen LogP contribution is -2.00. The van der Waals surface area contributed by atoms with E-state index in [2.05, 4.69) is 0 Å².